The first-order valence-electron chi connectivity index (χ1n) is 6.88. The summed E-state index contributed by atoms with van der Waals surface area (Å²) in [4.78, 5) is 2.52. The molecule has 1 heterocycles. The van der Waals surface area contributed by atoms with Gasteiger partial charge in [0.05, 0.1) is 0 Å². The van der Waals surface area contributed by atoms with Gasteiger partial charge in [0.15, 0.2) is 0 Å². The molecule has 2 nitrogen and oxygen atoms in total. The van der Waals surface area contributed by atoms with E-state index >= 15 is 0 Å². The lowest BCUT2D eigenvalue weighted by molar-refractivity contribution is 0.00523. The predicted molar refractivity (Wildman–Crippen MR) is 77.9 cm³/mol. The maximum atomic E-state index is 5.48. The highest BCUT2D eigenvalue weighted by atomic mass is 32.1. The van der Waals surface area contributed by atoms with Crippen LogP contribution in [0, 0.1) is 11.3 Å². The Kier molecular flexibility index (Phi) is 6.32. The first-order chi connectivity index (χ1) is 7.99. The molecule has 0 saturated carbocycles. The second kappa shape index (κ2) is 7.01. The monoisotopic (exact) mass is 259 g/mol. The van der Waals surface area contributed by atoms with Gasteiger partial charge in [-0.25, -0.2) is 0 Å². The van der Waals surface area contributed by atoms with Gasteiger partial charge in [-0.3, -0.25) is 0 Å². The van der Waals surface area contributed by atoms with Crippen molar-refractivity contribution in [1.29, 1.82) is 0 Å². The molecule has 0 aliphatic carbocycles. The van der Waals surface area contributed by atoms with E-state index in [0.717, 1.165) is 44.3 Å². The van der Waals surface area contributed by atoms with Crippen molar-refractivity contribution in [3.63, 3.8) is 0 Å². The van der Waals surface area contributed by atoms with E-state index in [1.165, 1.54) is 6.42 Å². The Bertz CT molecular complexity index is 214. The second-order valence-electron chi connectivity index (χ2n) is 6.16. The van der Waals surface area contributed by atoms with Crippen molar-refractivity contribution in [2.24, 2.45) is 11.3 Å². The molecule has 1 aliphatic heterocycles. The van der Waals surface area contributed by atoms with Gasteiger partial charge in [-0.2, -0.15) is 12.6 Å². The van der Waals surface area contributed by atoms with E-state index < -0.39 is 0 Å². The zero-order valence-electron chi connectivity index (χ0n) is 11.9. The van der Waals surface area contributed by atoms with Gasteiger partial charge in [0, 0.05) is 25.8 Å². The van der Waals surface area contributed by atoms with E-state index in [0.29, 0.717) is 11.5 Å². The lowest BCUT2D eigenvalue weighted by Gasteiger charge is -2.41. The summed E-state index contributed by atoms with van der Waals surface area (Å²) >= 11 is 4.58. The first-order valence-corrected chi connectivity index (χ1v) is 7.51. The highest BCUT2D eigenvalue weighted by Gasteiger charge is 2.33. The molecule has 0 spiro atoms. The molecule has 1 fully saturated rings. The van der Waals surface area contributed by atoms with Crippen LogP contribution in [0.25, 0.3) is 0 Å². The van der Waals surface area contributed by atoms with Gasteiger partial charge in [-0.05, 0) is 50.3 Å². The van der Waals surface area contributed by atoms with Crippen LogP contribution >= 0.6 is 12.6 Å². The number of hydrogen-bond acceptors (Lipinski definition) is 3. The SMILES string of the molecule is CC(C)CC(C)N(C)CC1(CS)CCOCC1. The van der Waals surface area contributed by atoms with Crippen molar-refractivity contribution < 1.29 is 4.74 Å². The lowest BCUT2D eigenvalue weighted by atomic mass is 9.81. The molecule has 17 heavy (non-hydrogen) atoms. The highest BCUT2D eigenvalue weighted by Crippen LogP contribution is 2.33. The van der Waals surface area contributed by atoms with Gasteiger partial charge < -0.3 is 9.64 Å². The fourth-order valence-electron chi connectivity index (χ4n) is 2.72. The number of rotatable bonds is 6. The third-order valence-corrected chi connectivity index (χ3v) is 4.71. The number of hydrogen-bond donors (Lipinski definition) is 1. The quantitative estimate of drug-likeness (QED) is 0.736. The van der Waals surface area contributed by atoms with Crippen LogP contribution in [0.5, 0.6) is 0 Å². The Morgan fingerprint density at radius 1 is 1.24 bits per heavy atom. The Balaban J connectivity index is 2.49. The summed E-state index contributed by atoms with van der Waals surface area (Å²) in [6, 6.07) is 0.662. The molecule has 3 heteroatoms. The molecule has 0 aromatic heterocycles. The Morgan fingerprint density at radius 2 is 1.82 bits per heavy atom. The highest BCUT2D eigenvalue weighted by molar-refractivity contribution is 7.80. The van der Waals surface area contributed by atoms with Crippen LogP contribution in [0.15, 0.2) is 0 Å². The maximum Gasteiger partial charge on any atom is 0.0472 e. The fraction of sp³-hybridized carbons (Fsp3) is 1.00. The number of nitrogens with zero attached hydrogens (tertiary/aromatic N) is 1. The molecule has 1 rings (SSSR count). The Hall–Kier alpha value is 0.270. The molecular formula is C14H29NOS. The van der Waals surface area contributed by atoms with Crippen LogP contribution in [0.1, 0.15) is 40.0 Å². The summed E-state index contributed by atoms with van der Waals surface area (Å²) in [5.74, 6) is 1.75. The predicted octanol–water partition coefficient (Wildman–Crippen LogP) is 3.08. The third-order valence-electron chi connectivity index (χ3n) is 4.04. The van der Waals surface area contributed by atoms with Gasteiger partial charge in [-0.1, -0.05) is 13.8 Å². The largest absolute Gasteiger partial charge is 0.381 e. The number of ether oxygens (including phenoxy) is 1. The van der Waals surface area contributed by atoms with E-state index in [4.69, 9.17) is 4.74 Å². The summed E-state index contributed by atoms with van der Waals surface area (Å²) in [6.45, 7) is 9.92. The van der Waals surface area contributed by atoms with E-state index in [1.807, 2.05) is 0 Å². The van der Waals surface area contributed by atoms with Gasteiger partial charge in [0.25, 0.3) is 0 Å². The molecular weight excluding hydrogens is 230 g/mol. The summed E-state index contributed by atoms with van der Waals surface area (Å²) < 4.78 is 5.48. The first kappa shape index (κ1) is 15.3. The molecule has 0 aromatic carbocycles. The van der Waals surface area contributed by atoms with E-state index in [2.05, 4.69) is 45.3 Å². The zero-order valence-corrected chi connectivity index (χ0v) is 12.8. The maximum absolute atomic E-state index is 5.48. The molecule has 1 unspecified atom stereocenters. The number of thiol groups is 1. The van der Waals surface area contributed by atoms with E-state index in [-0.39, 0.29) is 0 Å². The molecule has 1 saturated heterocycles. The van der Waals surface area contributed by atoms with Crippen molar-refractivity contribution in [1.82, 2.24) is 4.90 Å². The molecule has 0 aromatic rings. The summed E-state index contributed by atoms with van der Waals surface area (Å²) in [7, 11) is 2.26. The van der Waals surface area contributed by atoms with Gasteiger partial charge >= 0.3 is 0 Å². The van der Waals surface area contributed by atoms with Crippen molar-refractivity contribution in [2.75, 3.05) is 32.6 Å². The van der Waals surface area contributed by atoms with E-state index in [1.54, 1.807) is 0 Å². The van der Waals surface area contributed by atoms with Gasteiger partial charge in [0.2, 0.25) is 0 Å². The topological polar surface area (TPSA) is 12.5 Å². The van der Waals surface area contributed by atoms with Crippen molar-refractivity contribution in [2.45, 2.75) is 46.1 Å². The van der Waals surface area contributed by atoms with Crippen LogP contribution < -0.4 is 0 Å². The average Bonchev–Trinajstić information content (AvgIpc) is 2.29. The minimum absolute atomic E-state index is 0.376. The van der Waals surface area contributed by atoms with Crippen molar-refractivity contribution >= 4 is 12.6 Å². The standard InChI is InChI=1S/C14H29NOS/c1-12(2)9-13(3)15(4)10-14(11-17)5-7-16-8-6-14/h12-13,17H,5-11H2,1-4H3. The fourth-order valence-corrected chi connectivity index (χ4v) is 3.13. The van der Waals surface area contributed by atoms with Crippen LogP contribution in [0.4, 0.5) is 0 Å². The average molecular weight is 259 g/mol. The molecule has 0 radical (unpaired) electrons. The molecule has 0 bridgehead atoms. The van der Waals surface area contributed by atoms with E-state index in [9.17, 15) is 0 Å². The molecule has 1 aliphatic rings. The lowest BCUT2D eigenvalue weighted by Crippen LogP contribution is -2.44. The van der Waals surface area contributed by atoms with Crippen LogP contribution in [-0.4, -0.2) is 43.5 Å². The normalized spacial score (nSPS) is 22.1. The molecule has 1 atom stereocenters. The molecule has 0 N–H and O–H groups in total. The molecule has 0 amide bonds. The summed E-state index contributed by atoms with van der Waals surface area (Å²) in [6.07, 6.45) is 3.60. The third kappa shape index (κ3) is 4.80. The Morgan fingerprint density at radius 3 is 2.29 bits per heavy atom. The van der Waals surface area contributed by atoms with Crippen molar-refractivity contribution in [3.8, 4) is 0 Å². The van der Waals surface area contributed by atoms with Gasteiger partial charge in [-0.15, -0.1) is 0 Å². The van der Waals surface area contributed by atoms with Crippen molar-refractivity contribution in [3.05, 3.63) is 0 Å². The second-order valence-corrected chi connectivity index (χ2v) is 6.48. The van der Waals surface area contributed by atoms with Crippen LogP contribution in [0.3, 0.4) is 0 Å². The molecule has 102 valence electrons. The minimum atomic E-state index is 0.376. The van der Waals surface area contributed by atoms with Crippen LogP contribution in [0.2, 0.25) is 0 Å². The minimum Gasteiger partial charge on any atom is -0.381 e. The smallest absolute Gasteiger partial charge is 0.0472 e. The van der Waals surface area contributed by atoms with Gasteiger partial charge in [0.1, 0.15) is 0 Å². The zero-order chi connectivity index (χ0) is 12.9. The summed E-state index contributed by atoms with van der Waals surface area (Å²) in [5.41, 5.74) is 0.376. The summed E-state index contributed by atoms with van der Waals surface area (Å²) in [5, 5.41) is 0. The Labute approximate surface area is 113 Å². The van der Waals surface area contributed by atoms with Crippen LogP contribution in [-0.2, 0) is 4.74 Å².